The van der Waals surface area contributed by atoms with Crippen LogP contribution in [0.1, 0.15) is 5.69 Å². The Hall–Kier alpha value is -1.61. The van der Waals surface area contributed by atoms with Crippen molar-refractivity contribution in [1.29, 1.82) is 0 Å². The number of pyridine rings is 1. The molecule has 6 nitrogen and oxygen atoms in total. The molecule has 0 aliphatic heterocycles. The minimum absolute atomic E-state index is 0.0413. The quantitative estimate of drug-likeness (QED) is 0.852. The molecule has 2 heterocycles. The summed E-state index contributed by atoms with van der Waals surface area (Å²) >= 11 is 3.11. The number of ether oxygens (including phenoxy) is 1. The fraction of sp³-hybridized carbons (Fsp3) is 0.364. The van der Waals surface area contributed by atoms with E-state index in [2.05, 4.69) is 35.8 Å². The monoisotopic (exact) mass is 348 g/mol. The van der Waals surface area contributed by atoms with Gasteiger partial charge in [-0.25, -0.2) is 10.1 Å². The lowest BCUT2D eigenvalue weighted by atomic mass is 10.2. The number of aromatic amines is 1. The Labute approximate surface area is 120 Å². The van der Waals surface area contributed by atoms with Gasteiger partial charge in [-0.1, -0.05) is 0 Å². The normalized spacial score (nSPS) is 11.6. The maximum atomic E-state index is 12.4. The van der Waals surface area contributed by atoms with Gasteiger partial charge in [0.05, 0.1) is 5.69 Å². The van der Waals surface area contributed by atoms with E-state index in [0.29, 0.717) is 17.6 Å². The minimum atomic E-state index is -3.06. The van der Waals surface area contributed by atoms with Crippen LogP contribution in [0.15, 0.2) is 15.5 Å². The van der Waals surface area contributed by atoms with Gasteiger partial charge in [0.25, 0.3) is 5.56 Å². The Morgan fingerprint density at radius 3 is 2.80 bits per heavy atom. The van der Waals surface area contributed by atoms with Crippen molar-refractivity contribution in [2.24, 2.45) is 0 Å². The smallest absolute Gasteiger partial charge is 0.388 e. The maximum Gasteiger partial charge on any atom is 0.388 e. The summed E-state index contributed by atoms with van der Waals surface area (Å²) in [5, 5.41) is 6.58. The SMILES string of the molecule is CN(C)Cc1n[nH]c(=O)c2c(OC(F)F)nc(Br)cc12. The predicted molar refractivity (Wildman–Crippen MR) is 71.9 cm³/mol. The summed E-state index contributed by atoms with van der Waals surface area (Å²) < 4.78 is 29.4. The van der Waals surface area contributed by atoms with Gasteiger partial charge in [0.1, 0.15) is 9.99 Å². The highest BCUT2D eigenvalue weighted by atomic mass is 79.9. The van der Waals surface area contributed by atoms with E-state index in [1.807, 2.05) is 19.0 Å². The average Bonchev–Trinajstić information content (AvgIpc) is 2.31. The third-order valence-corrected chi connectivity index (χ3v) is 2.86. The predicted octanol–water partition coefficient (Wildman–Crippen LogP) is 1.74. The van der Waals surface area contributed by atoms with E-state index in [0.717, 1.165) is 0 Å². The van der Waals surface area contributed by atoms with Crippen LogP contribution in [0.25, 0.3) is 10.8 Å². The highest BCUT2D eigenvalue weighted by molar-refractivity contribution is 9.10. The molecule has 0 aromatic carbocycles. The fourth-order valence-corrected chi connectivity index (χ4v) is 2.15. The van der Waals surface area contributed by atoms with Crippen molar-refractivity contribution in [3.05, 3.63) is 26.7 Å². The van der Waals surface area contributed by atoms with Crippen LogP contribution in [0.5, 0.6) is 5.88 Å². The summed E-state index contributed by atoms with van der Waals surface area (Å²) in [6.07, 6.45) is 0. The summed E-state index contributed by atoms with van der Waals surface area (Å²) in [6, 6.07) is 1.55. The Morgan fingerprint density at radius 2 is 2.20 bits per heavy atom. The van der Waals surface area contributed by atoms with Gasteiger partial charge in [-0.2, -0.15) is 13.9 Å². The number of rotatable bonds is 4. The van der Waals surface area contributed by atoms with Gasteiger partial charge in [0.2, 0.25) is 5.88 Å². The van der Waals surface area contributed by atoms with Crippen LogP contribution in [-0.2, 0) is 6.54 Å². The van der Waals surface area contributed by atoms with Gasteiger partial charge < -0.3 is 9.64 Å². The van der Waals surface area contributed by atoms with Gasteiger partial charge in [0.15, 0.2) is 0 Å². The molecule has 0 aliphatic carbocycles. The number of hydrogen-bond donors (Lipinski definition) is 1. The third-order valence-electron chi connectivity index (χ3n) is 2.45. The van der Waals surface area contributed by atoms with Gasteiger partial charge in [-0.15, -0.1) is 0 Å². The van der Waals surface area contributed by atoms with E-state index in [1.165, 1.54) is 0 Å². The van der Waals surface area contributed by atoms with Crippen molar-refractivity contribution in [2.75, 3.05) is 14.1 Å². The fourth-order valence-electron chi connectivity index (χ4n) is 1.76. The van der Waals surface area contributed by atoms with Gasteiger partial charge in [0, 0.05) is 11.9 Å². The second-order valence-electron chi connectivity index (χ2n) is 4.29. The number of fused-ring (bicyclic) bond motifs is 1. The van der Waals surface area contributed by atoms with Crippen LogP contribution < -0.4 is 10.3 Å². The van der Waals surface area contributed by atoms with E-state index >= 15 is 0 Å². The lowest BCUT2D eigenvalue weighted by Gasteiger charge is -2.12. The molecule has 0 bridgehead atoms. The average molecular weight is 349 g/mol. The summed E-state index contributed by atoms with van der Waals surface area (Å²) in [5.74, 6) is -0.423. The summed E-state index contributed by atoms with van der Waals surface area (Å²) in [7, 11) is 3.65. The van der Waals surface area contributed by atoms with Crippen LogP contribution in [0.3, 0.4) is 0 Å². The zero-order valence-electron chi connectivity index (χ0n) is 10.7. The molecule has 2 aromatic heterocycles. The second-order valence-corrected chi connectivity index (χ2v) is 5.10. The summed E-state index contributed by atoms with van der Waals surface area (Å²) in [5.41, 5.74) is -0.0926. The first-order valence-corrected chi connectivity index (χ1v) is 6.35. The molecule has 0 spiro atoms. The third kappa shape index (κ3) is 3.10. The van der Waals surface area contributed by atoms with Crippen LogP contribution in [0.4, 0.5) is 8.78 Å². The molecule has 2 aromatic rings. The number of nitrogens with one attached hydrogen (secondary N) is 1. The summed E-state index contributed by atoms with van der Waals surface area (Å²) in [6.45, 7) is -2.64. The molecular formula is C11H11BrF2N4O2. The lowest BCUT2D eigenvalue weighted by molar-refractivity contribution is -0.0518. The maximum absolute atomic E-state index is 12.4. The molecule has 0 saturated heterocycles. The van der Waals surface area contributed by atoms with E-state index in [1.54, 1.807) is 6.07 Å². The van der Waals surface area contributed by atoms with Gasteiger partial charge >= 0.3 is 6.61 Å². The molecule has 108 valence electrons. The van der Waals surface area contributed by atoms with Crippen LogP contribution >= 0.6 is 15.9 Å². The first kappa shape index (κ1) is 14.8. The van der Waals surface area contributed by atoms with Crippen molar-refractivity contribution < 1.29 is 13.5 Å². The Balaban J connectivity index is 2.73. The number of alkyl halides is 2. The number of halogens is 3. The highest BCUT2D eigenvalue weighted by Crippen LogP contribution is 2.27. The van der Waals surface area contributed by atoms with Crippen LogP contribution in [0, 0.1) is 0 Å². The first-order valence-electron chi connectivity index (χ1n) is 5.56. The number of aromatic nitrogens is 3. The van der Waals surface area contributed by atoms with Crippen molar-refractivity contribution in [3.8, 4) is 5.88 Å². The Bertz CT molecular complexity index is 690. The van der Waals surface area contributed by atoms with E-state index in [4.69, 9.17) is 0 Å². The Morgan fingerprint density at radius 1 is 1.50 bits per heavy atom. The molecule has 0 amide bonds. The minimum Gasteiger partial charge on any atom is -0.416 e. The highest BCUT2D eigenvalue weighted by Gasteiger charge is 2.17. The molecule has 0 aliphatic rings. The molecule has 0 atom stereocenters. The van der Waals surface area contributed by atoms with Gasteiger partial charge in [-0.05, 0) is 36.1 Å². The zero-order valence-corrected chi connectivity index (χ0v) is 12.2. The van der Waals surface area contributed by atoms with Crippen molar-refractivity contribution >= 4 is 26.7 Å². The van der Waals surface area contributed by atoms with E-state index in [-0.39, 0.29) is 9.99 Å². The molecular weight excluding hydrogens is 338 g/mol. The molecule has 2 rings (SSSR count). The van der Waals surface area contributed by atoms with Crippen molar-refractivity contribution in [3.63, 3.8) is 0 Å². The standard InChI is InChI=1S/C11H11BrF2N4O2/c1-18(2)4-6-5-3-7(12)15-10(20-11(13)14)8(5)9(19)17-16-6/h3,11H,4H2,1-2H3,(H,17,19). The molecule has 1 N–H and O–H groups in total. The number of nitrogens with zero attached hydrogens (tertiary/aromatic N) is 3. The van der Waals surface area contributed by atoms with E-state index in [9.17, 15) is 13.6 Å². The second kappa shape index (κ2) is 5.80. The Kier molecular flexibility index (Phi) is 4.29. The van der Waals surface area contributed by atoms with Crippen LogP contribution in [-0.4, -0.2) is 40.8 Å². The molecule has 0 unspecified atom stereocenters. The number of H-pyrrole nitrogens is 1. The lowest BCUT2D eigenvalue weighted by Crippen LogP contribution is -2.18. The molecule has 0 saturated carbocycles. The number of hydrogen-bond acceptors (Lipinski definition) is 5. The molecule has 0 fully saturated rings. The van der Waals surface area contributed by atoms with Crippen LogP contribution in [0.2, 0.25) is 0 Å². The molecule has 9 heteroatoms. The van der Waals surface area contributed by atoms with Crippen molar-refractivity contribution in [2.45, 2.75) is 13.2 Å². The van der Waals surface area contributed by atoms with E-state index < -0.39 is 18.1 Å². The summed E-state index contributed by atoms with van der Waals surface area (Å²) in [4.78, 5) is 17.4. The molecule has 0 radical (unpaired) electrons. The largest absolute Gasteiger partial charge is 0.416 e. The zero-order chi connectivity index (χ0) is 14.9. The van der Waals surface area contributed by atoms with Gasteiger partial charge in [-0.3, -0.25) is 4.79 Å². The first-order chi connectivity index (χ1) is 9.38. The molecule has 20 heavy (non-hydrogen) atoms. The van der Waals surface area contributed by atoms with Crippen molar-refractivity contribution in [1.82, 2.24) is 20.1 Å². The topological polar surface area (TPSA) is 71.1 Å².